The Morgan fingerprint density at radius 2 is 1.78 bits per heavy atom. The van der Waals surface area contributed by atoms with Crippen molar-refractivity contribution in [3.05, 3.63) is 83.7 Å². The van der Waals surface area contributed by atoms with Crippen molar-refractivity contribution in [2.45, 2.75) is 12.5 Å². The van der Waals surface area contributed by atoms with Crippen LogP contribution in [0.3, 0.4) is 0 Å². The molecule has 0 aliphatic carbocycles. The number of aliphatic carboxylic acids is 1. The van der Waals surface area contributed by atoms with Gasteiger partial charge in [0.25, 0.3) is 5.91 Å². The molecule has 0 aliphatic heterocycles. The Labute approximate surface area is 155 Å². The van der Waals surface area contributed by atoms with Crippen LogP contribution in [0.1, 0.15) is 22.3 Å². The Morgan fingerprint density at radius 1 is 1.00 bits per heavy atom. The molecule has 0 radical (unpaired) electrons. The molecule has 0 unspecified atom stereocenters. The Bertz CT molecular complexity index is 1070. The normalized spacial score (nSPS) is 11.3. The van der Waals surface area contributed by atoms with Crippen LogP contribution in [0.15, 0.2) is 66.7 Å². The number of amides is 1. The third kappa shape index (κ3) is 4.71. The van der Waals surface area contributed by atoms with Crippen molar-refractivity contribution in [1.29, 1.82) is 0 Å². The number of hydrogen-bond donors (Lipinski definition) is 2. The fraction of sp³-hybridized carbons (Fsp3) is 0.0909. The number of rotatable bonds is 4. The Kier molecular flexibility index (Phi) is 5.48. The summed E-state index contributed by atoms with van der Waals surface area (Å²) in [5, 5.41) is 13.7. The van der Waals surface area contributed by atoms with Crippen molar-refractivity contribution in [2.75, 3.05) is 0 Å². The number of carboxylic acids is 1. The molecule has 0 spiro atoms. The van der Waals surface area contributed by atoms with Crippen LogP contribution < -0.4 is 5.32 Å². The maximum absolute atomic E-state index is 13.1. The first-order valence-corrected chi connectivity index (χ1v) is 8.30. The molecule has 0 fully saturated rings. The molecule has 3 rings (SSSR count). The molecule has 2 N–H and O–H groups in total. The summed E-state index contributed by atoms with van der Waals surface area (Å²) < 4.78 is 13.1. The van der Waals surface area contributed by atoms with E-state index in [0.29, 0.717) is 11.1 Å². The maximum atomic E-state index is 13.1. The number of fused-ring (bicyclic) bond motifs is 1. The fourth-order valence-electron chi connectivity index (χ4n) is 2.59. The highest BCUT2D eigenvalue weighted by molar-refractivity contribution is 6.00. The average Bonchev–Trinajstić information content (AvgIpc) is 2.66. The maximum Gasteiger partial charge on any atom is 0.327 e. The molecule has 0 saturated heterocycles. The number of hydrogen-bond acceptors (Lipinski definition) is 2. The Balaban J connectivity index is 1.71. The van der Waals surface area contributed by atoms with Crippen molar-refractivity contribution in [2.24, 2.45) is 0 Å². The van der Waals surface area contributed by atoms with E-state index >= 15 is 0 Å². The van der Waals surface area contributed by atoms with Gasteiger partial charge in [-0.1, -0.05) is 48.2 Å². The lowest BCUT2D eigenvalue weighted by atomic mass is 10.1. The quantitative estimate of drug-likeness (QED) is 0.698. The second-order valence-corrected chi connectivity index (χ2v) is 5.94. The minimum absolute atomic E-state index is 0.0921. The molecule has 1 atom stereocenters. The molecule has 0 bridgehead atoms. The molecule has 0 aliphatic rings. The molecule has 3 aromatic carbocycles. The summed E-state index contributed by atoms with van der Waals surface area (Å²) in [6.45, 7) is 0. The first-order valence-electron chi connectivity index (χ1n) is 8.30. The molecule has 3 aromatic rings. The zero-order valence-electron chi connectivity index (χ0n) is 14.3. The molecule has 134 valence electrons. The highest BCUT2D eigenvalue weighted by Crippen LogP contribution is 2.15. The lowest BCUT2D eigenvalue weighted by molar-refractivity contribution is -0.139. The molecular formula is C22H16FNO3. The smallest absolute Gasteiger partial charge is 0.327 e. The van der Waals surface area contributed by atoms with Crippen molar-refractivity contribution in [1.82, 2.24) is 5.32 Å². The Morgan fingerprint density at radius 3 is 2.52 bits per heavy atom. The monoisotopic (exact) mass is 361 g/mol. The molecule has 27 heavy (non-hydrogen) atoms. The van der Waals surface area contributed by atoms with Crippen molar-refractivity contribution in [3.63, 3.8) is 0 Å². The van der Waals surface area contributed by atoms with Gasteiger partial charge in [0.1, 0.15) is 11.9 Å². The van der Waals surface area contributed by atoms with Gasteiger partial charge in [0.05, 0.1) is 0 Å². The van der Waals surface area contributed by atoms with Gasteiger partial charge in [0.15, 0.2) is 0 Å². The predicted octanol–water partition coefficient (Wildman–Crippen LogP) is 3.60. The lowest BCUT2D eigenvalue weighted by Gasteiger charge is -2.12. The van der Waals surface area contributed by atoms with Gasteiger partial charge in [-0.25, -0.2) is 9.18 Å². The SMILES string of the molecule is O=C(N[C@H](CC#Cc1cccc(F)c1)C(=O)O)c1ccc2ccccc2c1. The summed E-state index contributed by atoms with van der Waals surface area (Å²) in [7, 11) is 0. The van der Waals surface area contributed by atoms with Gasteiger partial charge in [-0.2, -0.15) is 0 Å². The summed E-state index contributed by atoms with van der Waals surface area (Å²) in [5.74, 6) is 3.30. The summed E-state index contributed by atoms with van der Waals surface area (Å²) in [6, 6.07) is 17.3. The highest BCUT2D eigenvalue weighted by atomic mass is 19.1. The van der Waals surface area contributed by atoms with Crippen molar-refractivity contribution >= 4 is 22.6 Å². The molecule has 0 saturated carbocycles. The summed E-state index contributed by atoms with van der Waals surface area (Å²) in [5.41, 5.74) is 0.818. The highest BCUT2D eigenvalue weighted by Gasteiger charge is 2.19. The summed E-state index contributed by atoms with van der Waals surface area (Å²) in [6.07, 6.45) is -0.0921. The van der Waals surface area contributed by atoms with Crippen LogP contribution in [0.25, 0.3) is 10.8 Å². The third-order valence-corrected chi connectivity index (χ3v) is 3.98. The van der Waals surface area contributed by atoms with Crippen molar-refractivity contribution in [3.8, 4) is 11.8 Å². The van der Waals surface area contributed by atoms with Gasteiger partial charge in [-0.05, 0) is 41.1 Å². The van der Waals surface area contributed by atoms with Crippen LogP contribution in [0.4, 0.5) is 4.39 Å². The third-order valence-electron chi connectivity index (χ3n) is 3.98. The molecule has 0 heterocycles. The number of carboxylic acid groups (broad SMARTS) is 1. The minimum atomic E-state index is -1.18. The number of nitrogens with one attached hydrogen (secondary N) is 1. The van der Waals surface area contributed by atoms with Gasteiger partial charge in [0, 0.05) is 17.5 Å². The molecule has 5 heteroatoms. The standard InChI is InChI=1S/C22H16FNO3/c23-19-9-3-5-15(13-19)6-4-10-20(22(26)27)24-21(25)18-12-11-16-7-1-2-8-17(16)14-18/h1-3,5,7-9,11-14,20H,10H2,(H,24,25)(H,26,27)/t20-/m1/s1. The van der Waals surface area contributed by atoms with E-state index in [9.17, 15) is 19.1 Å². The van der Waals surface area contributed by atoms with Crippen molar-refractivity contribution < 1.29 is 19.1 Å². The second kappa shape index (κ2) is 8.15. The summed E-state index contributed by atoms with van der Waals surface area (Å²) in [4.78, 5) is 23.8. The van der Waals surface area contributed by atoms with Gasteiger partial charge in [-0.3, -0.25) is 4.79 Å². The van der Waals surface area contributed by atoms with E-state index < -0.39 is 23.7 Å². The van der Waals surface area contributed by atoms with Crippen LogP contribution in [-0.2, 0) is 4.79 Å². The van der Waals surface area contributed by atoms with E-state index in [2.05, 4.69) is 17.2 Å². The van der Waals surface area contributed by atoms with Gasteiger partial charge < -0.3 is 10.4 Å². The van der Waals surface area contributed by atoms with Gasteiger partial charge >= 0.3 is 5.97 Å². The van der Waals surface area contributed by atoms with Crippen LogP contribution in [0.2, 0.25) is 0 Å². The summed E-state index contributed by atoms with van der Waals surface area (Å²) >= 11 is 0. The lowest BCUT2D eigenvalue weighted by Crippen LogP contribution is -2.40. The van der Waals surface area contributed by atoms with Crippen LogP contribution in [0.5, 0.6) is 0 Å². The van der Waals surface area contributed by atoms with Gasteiger partial charge in [-0.15, -0.1) is 0 Å². The number of carbonyl (C=O) groups is 2. The zero-order valence-corrected chi connectivity index (χ0v) is 14.3. The van der Waals surface area contributed by atoms with E-state index in [1.54, 1.807) is 18.2 Å². The zero-order chi connectivity index (χ0) is 19.2. The molecular weight excluding hydrogens is 345 g/mol. The van der Waals surface area contributed by atoms with E-state index in [1.807, 2.05) is 30.3 Å². The fourth-order valence-corrected chi connectivity index (χ4v) is 2.59. The molecule has 0 aromatic heterocycles. The van der Waals surface area contributed by atoms with E-state index in [-0.39, 0.29) is 6.42 Å². The number of carbonyl (C=O) groups excluding carboxylic acids is 1. The van der Waals surface area contributed by atoms with E-state index in [1.165, 1.54) is 18.2 Å². The predicted molar refractivity (Wildman–Crippen MR) is 101 cm³/mol. The topological polar surface area (TPSA) is 66.4 Å². The largest absolute Gasteiger partial charge is 0.480 e. The van der Waals surface area contributed by atoms with Gasteiger partial charge in [0.2, 0.25) is 0 Å². The molecule has 1 amide bonds. The first-order chi connectivity index (χ1) is 13.0. The number of halogens is 1. The van der Waals surface area contributed by atoms with E-state index in [0.717, 1.165) is 10.8 Å². The first kappa shape index (κ1) is 18.2. The van der Waals surface area contributed by atoms with Crippen LogP contribution in [0, 0.1) is 17.7 Å². The second-order valence-electron chi connectivity index (χ2n) is 5.94. The average molecular weight is 361 g/mol. The molecule has 4 nitrogen and oxygen atoms in total. The number of benzene rings is 3. The minimum Gasteiger partial charge on any atom is -0.480 e. The van der Waals surface area contributed by atoms with E-state index in [4.69, 9.17) is 0 Å². The Hall–Kier alpha value is -3.65. The van der Waals surface area contributed by atoms with Crippen LogP contribution in [-0.4, -0.2) is 23.0 Å². The van der Waals surface area contributed by atoms with Crippen LogP contribution >= 0.6 is 0 Å².